The number of hydrogen-bond donors (Lipinski definition) is 1. The summed E-state index contributed by atoms with van der Waals surface area (Å²) >= 11 is 0. The zero-order valence-corrected chi connectivity index (χ0v) is 9.79. The second-order valence-electron chi connectivity index (χ2n) is 4.60. The molecule has 0 radical (unpaired) electrons. The average Bonchev–Trinajstić information content (AvgIpc) is 2.96. The zero-order valence-electron chi connectivity index (χ0n) is 9.79. The Balaban J connectivity index is 1.80. The molecule has 0 aromatic carbocycles. The Bertz CT molecular complexity index is 506. The van der Waals surface area contributed by atoms with Crippen LogP contribution in [0.5, 0.6) is 0 Å². The molecule has 2 aromatic rings. The quantitative estimate of drug-likeness (QED) is 0.852. The van der Waals surface area contributed by atoms with Gasteiger partial charge in [-0.05, 0) is 31.4 Å². The molecule has 5 nitrogen and oxygen atoms in total. The summed E-state index contributed by atoms with van der Waals surface area (Å²) in [6, 6.07) is 3.96. The summed E-state index contributed by atoms with van der Waals surface area (Å²) in [5.74, 6) is 1.78. The molecule has 0 aliphatic carbocycles. The van der Waals surface area contributed by atoms with E-state index in [1.807, 2.05) is 18.3 Å². The lowest BCUT2D eigenvalue weighted by Crippen LogP contribution is -2.21. The number of fused-ring (bicyclic) bond motifs is 1. The fourth-order valence-corrected chi connectivity index (χ4v) is 2.49. The van der Waals surface area contributed by atoms with E-state index in [0.29, 0.717) is 0 Å². The summed E-state index contributed by atoms with van der Waals surface area (Å²) in [5.41, 5.74) is 6.51. The average molecular weight is 231 g/mol. The fraction of sp³-hybridized carbons (Fsp3) is 0.500. The van der Waals surface area contributed by atoms with E-state index in [0.717, 1.165) is 43.4 Å². The van der Waals surface area contributed by atoms with Crippen molar-refractivity contribution >= 4 is 11.5 Å². The third-order valence-electron chi connectivity index (χ3n) is 3.43. The van der Waals surface area contributed by atoms with E-state index >= 15 is 0 Å². The standard InChI is InChI=1S/C12H17N5/c13-5-1-10-3-7-16(9-10)11-4-8-17-12(15-11)2-6-14-17/h2,4,6,8,10H,1,3,5,7,9,13H2. The van der Waals surface area contributed by atoms with Gasteiger partial charge in [0.05, 0.1) is 6.20 Å². The smallest absolute Gasteiger partial charge is 0.157 e. The van der Waals surface area contributed by atoms with Crippen molar-refractivity contribution in [2.45, 2.75) is 12.8 Å². The maximum Gasteiger partial charge on any atom is 0.157 e. The van der Waals surface area contributed by atoms with Gasteiger partial charge in [-0.3, -0.25) is 0 Å². The molecule has 0 spiro atoms. The Hall–Kier alpha value is -1.62. The van der Waals surface area contributed by atoms with Gasteiger partial charge >= 0.3 is 0 Å². The van der Waals surface area contributed by atoms with Gasteiger partial charge in [-0.15, -0.1) is 0 Å². The van der Waals surface area contributed by atoms with E-state index in [2.05, 4.69) is 15.0 Å². The molecule has 0 bridgehead atoms. The maximum atomic E-state index is 5.61. The van der Waals surface area contributed by atoms with Crippen LogP contribution in [-0.4, -0.2) is 34.2 Å². The SMILES string of the molecule is NCCC1CCN(c2ccn3nccc3n2)C1. The number of aromatic nitrogens is 3. The lowest BCUT2D eigenvalue weighted by Gasteiger charge is -2.17. The molecule has 1 aliphatic rings. The molecular weight excluding hydrogens is 214 g/mol. The van der Waals surface area contributed by atoms with Crippen LogP contribution in [0.15, 0.2) is 24.5 Å². The Morgan fingerprint density at radius 3 is 3.24 bits per heavy atom. The minimum atomic E-state index is 0.725. The van der Waals surface area contributed by atoms with Crippen LogP contribution in [0.1, 0.15) is 12.8 Å². The Morgan fingerprint density at radius 1 is 1.41 bits per heavy atom. The Labute approximate surface area is 100 Å². The van der Waals surface area contributed by atoms with E-state index in [1.54, 1.807) is 10.7 Å². The fourth-order valence-electron chi connectivity index (χ4n) is 2.49. The van der Waals surface area contributed by atoms with Crippen LogP contribution in [0.25, 0.3) is 5.65 Å². The predicted molar refractivity (Wildman–Crippen MR) is 67.0 cm³/mol. The number of rotatable bonds is 3. The van der Waals surface area contributed by atoms with Gasteiger partial charge in [0.25, 0.3) is 0 Å². The second kappa shape index (κ2) is 4.33. The van der Waals surface area contributed by atoms with Crippen molar-refractivity contribution in [1.29, 1.82) is 0 Å². The normalized spacial score (nSPS) is 20.3. The molecular formula is C12H17N5. The van der Waals surface area contributed by atoms with Gasteiger partial charge in [-0.25, -0.2) is 9.50 Å². The minimum absolute atomic E-state index is 0.725. The van der Waals surface area contributed by atoms with Crippen LogP contribution < -0.4 is 10.6 Å². The molecule has 90 valence electrons. The maximum absolute atomic E-state index is 5.61. The van der Waals surface area contributed by atoms with E-state index in [4.69, 9.17) is 5.73 Å². The van der Waals surface area contributed by atoms with Crippen molar-refractivity contribution in [3.63, 3.8) is 0 Å². The van der Waals surface area contributed by atoms with E-state index < -0.39 is 0 Å². The topological polar surface area (TPSA) is 59.5 Å². The van der Waals surface area contributed by atoms with E-state index in [-0.39, 0.29) is 0 Å². The Kier molecular flexibility index (Phi) is 2.68. The van der Waals surface area contributed by atoms with Gasteiger partial charge in [0, 0.05) is 25.4 Å². The first-order chi connectivity index (χ1) is 8.36. The van der Waals surface area contributed by atoms with Gasteiger partial charge in [0.2, 0.25) is 0 Å². The van der Waals surface area contributed by atoms with Crippen molar-refractivity contribution in [1.82, 2.24) is 14.6 Å². The van der Waals surface area contributed by atoms with E-state index in [9.17, 15) is 0 Å². The highest BCUT2D eigenvalue weighted by Gasteiger charge is 2.22. The second-order valence-corrected chi connectivity index (χ2v) is 4.60. The van der Waals surface area contributed by atoms with Crippen molar-refractivity contribution in [3.05, 3.63) is 24.5 Å². The van der Waals surface area contributed by atoms with Crippen LogP contribution in [0.4, 0.5) is 5.82 Å². The van der Waals surface area contributed by atoms with Gasteiger partial charge in [0.15, 0.2) is 5.65 Å². The van der Waals surface area contributed by atoms with Gasteiger partial charge < -0.3 is 10.6 Å². The lowest BCUT2D eigenvalue weighted by molar-refractivity contribution is 0.546. The lowest BCUT2D eigenvalue weighted by atomic mass is 10.1. The number of nitrogens with two attached hydrogens (primary N) is 1. The molecule has 1 saturated heterocycles. The van der Waals surface area contributed by atoms with E-state index in [1.165, 1.54) is 6.42 Å². The first-order valence-electron chi connectivity index (χ1n) is 6.12. The van der Waals surface area contributed by atoms with Crippen molar-refractivity contribution < 1.29 is 0 Å². The molecule has 5 heteroatoms. The summed E-state index contributed by atoms with van der Waals surface area (Å²) in [7, 11) is 0. The number of nitrogens with zero attached hydrogens (tertiary/aromatic N) is 4. The molecule has 17 heavy (non-hydrogen) atoms. The molecule has 0 amide bonds. The van der Waals surface area contributed by atoms with Crippen molar-refractivity contribution in [3.8, 4) is 0 Å². The third-order valence-corrected chi connectivity index (χ3v) is 3.43. The largest absolute Gasteiger partial charge is 0.356 e. The number of anilines is 1. The zero-order chi connectivity index (χ0) is 11.7. The highest BCUT2D eigenvalue weighted by Crippen LogP contribution is 2.24. The molecule has 0 saturated carbocycles. The van der Waals surface area contributed by atoms with Crippen molar-refractivity contribution in [2.75, 3.05) is 24.5 Å². The highest BCUT2D eigenvalue weighted by atomic mass is 15.3. The molecule has 1 aliphatic heterocycles. The molecule has 3 rings (SSSR count). The molecule has 3 heterocycles. The first-order valence-corrected chi connectivity index (χ1v) is 6.12. The van der Waals surface area contributed by atoms with Crippen molar-refractivity contribution in [2.24, 2.45) is 11.7 Å². The monoisotopic (exact) mass is 231 g/mol. The highest BCUT2D eigenvalue weighted by molar-refractivity contribution is 5.47. The predicted octanol–water partition coefficient (Wildman–Crippen LogP) is 0.904. The molecule has 2 aromatic heterocycles. The van der Waals surface area contributed by atoms with Crippen LogP contribution in [-0.2, 0) is 0 Å². The summed E-state index contributed by atoms with van der Waals surface area (Å²) in [6.45, 7) is 2.95. The molecule has 1 atom stereocenters. The molecule has 1 fully saturated rings. The summed E-state index contributed by atoms with van der Waals surface area (Å²) in [4.78, 5) is 6.95. The third kappa shape index (κ3) is 1.98. The molecule has 1 unspecified atom stereocenters. The molecule has 2 N–H and O–H groups in total. The van der Waals surface area contributed by atoms with Gasteiger partial charge in [0.1, 0.15) is 5.82 Å². The Morgan fingerprint density at radius 2 is 2.35 bits per heavy atom. The van der Waals surface area contributed by atoms with Crippen LogP contribution in [0.2, 0.25) is 0 Å². The summed E-state index contributed by atoms with van der Waals surface area (Å²) in [6.07, 6.45) is 6.08. The van der Waals surface area contributed by atoms with Crippen LogP contribution >= 0.6 is 0 Å². The van der Waals surface area contributed by atoms with Crippen LogP contribution in [0, 0.1) is 5.92 Å². The van der Waals surface area contributed by atoms with Gasteiger partial charge in [-0.1, -0.05) is 0 Å². The summed E-state index contributed by atoms with van der Waals surface area (Å²) < 4.78 is 1.79. The minimum Gasteiger partial charge on any atom is -0.356 e. The number of hydrogen-bond acceptors (Lipinski definition) is 4. The van der Waals surface area contributed by atoms with Crippen LogP contribution in [0.3, 0.4) is 0 Å². The first kappa shape index (κ1) is 10.5. The summed E-state index contributed by atoms with van der Waals surface area (Å²) in [5, 5.41) is 4.15. The van der Waals surface area contributed by atoms with Gasteiger partial charge in [-0.2, -0.15) is 5.10 Å².